The topological polar surface area (TPSA) is 66.4 Å². The quantitative estimate of drug-likeness (QED) is 0.563. The van der Waals surface area contributed by atoms with E-state index in [-0.39, 0.29) is 29.6 Å². The Kier molecular flexibility index (Phi) is 4.60. The van der Waals surface area contributed by atoms with Crippen molar-refractivity contribution in [2.24, 2.45) is 5.41 Å². The zero-order chi connectivity index (χ0) is 13.1. The fourth-order valence-corrected chi connectivity index (χ4v) is 1.93. The van der Waals surface area contributed by atoms with Gasteiger partial charge in [0, 0.05) is 25.4 Å². The molecule has 1 fully saturated rings. The van der Waals surface area contributed by atoms with Gasteiger partial charge in [0.15, 0.2) is 11.6 Å². The molecule has 0 saturated heterocycles. The highest BCUT2D eigenvalue weighted by molar-refractivity contribution is 6.22. The van der Waals surface area contributed by atoms with Gasteiger partial charge in [-0.3, -0.25) is 9.59 Å². The minimum Gasteiger partial charge on any atom is -0.395 e. The van der Waals surface area contributed by atoms with Crippen LogP contribution in [0.2, 0.25) is 0 Å². The van der Waals surface area contributed by atoms with Crippen LogP contribution < -0.4 is 5.32 Å². The molecule has 0 spiro atoms. The first-order valence-corrected chi connectivity index (χ1v) is 5.96. The Balaban J connectivity index is 2.62. The molecular formula is C13H21NO3. The van der Waals surface area contributed by atoms with E-state index >= 15 is 0 Å². The van der Waals surface area contributed by atoms with Crippen LogP contribution >= 0.6 is 0 Å². The van der Waals surface area contributed by atoms with E-state index in [0.29, 0.717) is 25.0 Å². The third-order valence-corrected chi connectivity index (χ3v) is 2.93. The highest BCUT2D eigenvalue weighted by Crippen LogP contribution is 2.33. The molecule has 4 heteroatoms. The van der Waals surface area contributed by atoms with Gasteiger partial charge in [-0.25, -0.2) is 0 Å². The lowest BCUT2D eigenvalue weighted by Crippen LogP contribution is -2.33. The van der Waals surface area contributed by atoms with Crippen LogP contribution in [0.4, 0.5) is 0 Å². The molecule has 0 bridgehead atoms. The lowest BCUT2D eigenvalue weighted by Gasteiger charge is -2.28. The minimum atomic E-state index is -0.211. The van der Waals surface area contributed by atoms with Gasteiger partial charge in [-0.2, -0.15) is 0 Å². The van der Waals surface area contributed by atoms with E-state index in [0.717, 1.165) is 0 Å². The fourth-order valence-electron chi connectivity index (χ4n) is 1.93. The number of aliphatic hydroxyl groups excluding tert-OH is 1. The minimum absolute atomic E-state index is 0.0305. The summed E-state index contributed by atoms with van der Waals surface area (Å²) in [7, 11) is 0. The van der Waals surface area contributed by atoms with Gasteiger partial charge in [-0.15, -0.1) is 0 Å². The molecule has 0 amide bonds. The summed E-state index contributed by atoms with van der Waals surface area (Å²) in [6.45, 7) is 6.19. The number of aliphatic hydroxyl groups is 1. The van der Waals surface area contributed by atoms with E-state index in [4.69, 9.17) is 5.11 Å². The maximum absolute atomic E-state index is 11.8. The maximum atomic E-state index is 11.8. The molecule has 0 radical (unpaired) electrons. The van der Waals surface area contributed by atoms with Crippen LogP contribution in [0.15, 0.2) is 11.6 Å². The van der Waals surface area contributed by atoms with Crippen LogP contribution in [0.1, 0.15) is 33.6 Å². The van der Waals surface area contributed by atoms with Gasteiger partial charge in [0.2, 0.25) is 0 Å². The van der Waals surface area contributed by atoms with E-state index in [1.165, 1.54) is 0 Å². The Morgan fingerprint density at radius 1 is 1.35 bits per heavy atom. The zero-order valence-electron chi connectivity index (χ0n) is 10.7. The second kappa shape index (κ2) is 5.56. The number of carbonyl (C=O) groups excluding carboxylic acids is 2. The van der Waals surface area contributed by atoms with Crippen molar-refractivity contribution in [1.82, 2.24) is 5.32 Å². The summed E-state index contributed by atoms with van der Waals surface area (Å²) in [5, 5.41) is 11.8. The van der Waals surface area contributed by atoms with Gasteiger partial charge in [-0.05, 0) is 12.3 Å². The summed E-state index contributed by atoms with van der Waals surface area (Å²) < 4.78 is 0. The van der Waals surface area contributed by atoms with E-state index in [9.17, 15) is 9.59 Å². The molecule has 0 aliphatic heterocycles. The Morgan fingerprint density at radius 2 is 1.88 bits per heavy atom. The van der Waals surface area contributed by atoms with Crippen molar-refractivity contribution in [3.05, 3.63) is 11.6 Å². The van der Waals surface area contributed by atoms with Crippen LogP contribution in [-0.4, -0.2) is 35.9 Å². The molecular weight excluding hydrogens is 218 g/mol. The molecule has 1 rings (SSSR count). The molecule has 4 nitrogen and oxygen atoms in total. The van der Waals surface area contributed by atoms with Crippen molar-refractivity contribution in [3.63, 3.8) is 0 Å². The number of ketones is 2. The van der Waals surface area contributed by atoms with Crippen molar-refractivity contribution in [2.75, 3.05) is 13.2 Å². The number of hydrogen-bond acceptors (Lipinski definition) is 4. The highest BCUT2D eigenvalue weighted by atomic mass is 16.3. The van der Waals surface area contributed by atoms with Crippen LogP contribution in [0, 0.1) is 5.41 Å². The summed E-state index contributed by atoms with van der Waals surface area (Å²) in [5.41, 5.74) is 0.110. The smallest absolute Gasteiger partial charge is 0.166 e. The standard InChI is InChI=1S/C13H21NO3/c1-9(8-15)14-5-4-10-11(16)6-13(2,3)7-12(10)17/h4,9,14-15H,5-8H2,1-3H3/t9-/m0/s1. The molecule has 0 aromatic rings. The fraction of sp³-hybridized carbons (Fsp3) is 0.692. The van der Waals surface area contributed by atoms with E-state index in [2.05, 4.69) is 5.32 Å². The predicted molar refractivity (Wildman–Crippen MR) is 65.7 cm³/mol. The largest absolute Gasteiger partial charge is 0.395 e. The molecule has 0 aromatic heterocycles. The van der Waals surface area contributed by atoms with Gasteiger partial charge in [0.1, 0.15) is 0 Å². The second-order valence-electron chi connectivity index (χ2n) is 5.47. The SMILES string of the molecule is C[C@@H](CO)NCC=C1C(=O)CC(C)(C)CC1=O. The number of allylic oxidation sites excluding steroid dienone is 1. The van der Waals surface area contributed by atoms with Crippen LogP contribution in [0.3, 0.4) is 0 Å². The predicted octanol–water partition coefficient (Wildman–Crippen LogP) is 0.841. The van der Waals surface area contributed by atoms with Crippen molar-refractivity contribution < 1.29 is 14.7 Å². The summed E-state index contributed by atoms with van der Waals surface area (Å²) in [4.78, 5) is 23.6. The molecule has 1 saturated carbocycles. The van der Waals surface area contributed by atoms with Crippen molar-refractivity contribution in [1.29, 1.82) is 0 Å². The normalized spacial score (nSPS) is 21.5. The lowest BCUT2D eigenvalue weighted by molar-refractivity contribution is -0.127. The maximum Gasteiger partial charge on any atom is 0.166 e. The van der Waals surface area contributed by atoms with E-state index < -0.39 is 0 Å². The lowest BCUT2D eigenvalue weighted by atomic mass is 9.74. The van der Waals surface area contributed by atoms with Gasteiger partial charge in [-0.1, -0.05) is 19.9 Å². The van der Waals surface area contributed by atoms with Crippen LogP contribution in [0.25, 0.3) is 0 Å². The zero-order valence-corrected chi connectivity index (χ0v) is 10.7. The Morgan fingerprint density at radius 3 is 2.35 bits per heavy atom. The van der Waals surface area contributed by atoms with Gasteiger partial charge in [0.25, 0.3) is 0 Å². The number of hydrogen-bond donors (Lipinski definition) is 2. The van der Waals surface area contributed by atoms with E-state index in [1.807, 2.05) is 20.8 Å². The first kappa shape index (κ1) is 14.1. The van der Waals surface area contributed by atoms with Crippen molar-refractivity contribution >= 4 is 11.6 Å². The molecule has 1 aliphatic rings. The number of Topliss-reactive ketones (excluding diaryl/α,β-unsaturated/α-hetero) is 2. The summed E-state index contributed by atoms with van der Waals surface area (Å²) in [6.07, 6.45) is 2.51. The van der Waals surface area contributed by atoms with Gasteiger partial charge in [0.05, 0.1) is 12.2 Å². The van der Waals surface area contributed by atoms with E-state index in [1.54, 1.807) is 6.08 Å². The van der Waals surface area contributed by atoms with Crippen molar-refractivity contribution in [3.8, 4) is 0 Å². The first-order chi connectivity index (χ1) is 7.85. The Bertz CT molecular complexity index is 323. The highest BCUT2D eigenvalue weighted by Gasteiger charge is 2.35. The molecule has 0 aromatic carbocycles. The molecule has 17 heavy (non-hydrogen) atoms. The average Bonchev–Trinajstić information content (AvgIpc) is 2.20. The first-order valence-electron chi connectivity index (χ1n) is 5.96. The molecule has 0 unspecified atom stereocenters. The number of carbonyl (C=O) groups is 2. The molecule has 2 N–H and O–H groups in total. The number of rotatable bonds is 4. The van der Waals surface area contributed by atoms with Crippen molar-refractivity contribution in [2.45, 2.75) is 39.7 Å². The average molecular weight is 239 g/mol. The molecule has 1 aliphatic carbocycles. The summed E-state index contributed by atoms with van der Waals surface area (Å²) >= 11 is 0. The Labute approximate surface area is 102 Å². The second-order valence-corrected chi connectivity index (χ2v) is 5.47. The third kappa shape index (κ3) is 4.06. The van der Waals surface area contributed by atoms with Crippen LogP contribution in [0.5, 0.6) is 0 Å². The van der Waals surface area contributed by atoms with Gasteiger partial charge >= 0.3 is 0 Å². The monoisotopic (exact) mass is 239 g/mol. The molecule has 96 valence electrons. The summed E-state index contributed by atoms with van der Waals surface area (Å²) in [6, 6.07) is -0.0305. The number of nitrogens with one attached hydrogen (secondary N) is 1. The van der Waals surface area contributed by atoms with Crippen LogP contribution in [-0.2, 0) is 9.59 Å². The summed E-state index contributed by atoms with van der Waals surface area (Å²) in [5.74, 6) is -0.130. The molecule has 1 atom stereocenters. The third-order valence-electron chi connectivity index (χ3n) is 2.93. The molecule has 0 heterocycles. The van der Waals surface area contributed by atoms with Gasteiger partial charge < -0.3 is 10.4 Å². The Hall–Kier alpha value is -1.00.